The Labute approximate surface area is 94.2 Å². The highest BCUT2D eigenvalue weighted by Gasteiger charge is 1.98. The average Bonchev–Trinajstić information content (AvgIpc) is 2.21. The zero-order valence-corrected chi connectivity index (χ0v) is 10.7. The summed E-state index contributed by atoms with van der Waals surface area (Å²) in [6.07, 6.45) is 4.97. The van der Waals surface area contributed by atoms with E-state index in [1.165, 1.54) is 5.70 Å². The van der Waals surface area contributed by atoms with Crippen LogP contribution in [0.25, 0.3) is 0 Å². The van der Waals surface area contributed by atoms with Gasteiger partial charge in [0.15, 0.2) is 0 Å². The largest absolute Gasteiger partial charge is 0.402 e. The van der Waals surface area contributed by atoms with Crippen LogP contribution >= 0.6 is 0 Å². The van der Waals surface area contributed by atoms with E-state index in [1.807, 2.05) is 6.08 Å². The van der Waals surface area contributed by atoms with Gasteiger partial charge in [0.2, 0.25) is 0 Å². The van der Waals surface area contributed by atoms with Gasteiger partial charge in [-0.05, 0) is 39.6 Å². The molecule has 0 unspecified atom stereocenters. The molecule has 0 aliphatic heterocycles. The summed E-state index contributed by atoms with van der Waals surface area (Å²) in [5, 5.41) is 0. The predicted molar refractivity (Wildman–Crippen MR) is 67.5 cm³/mol. The maximum Gasteiger partial charge on any atom is 0.0299 e. The molecule has 0 heterocycles. The molecule has 0 saturated heterocycles. The van der Waals surface area contributed by atoms with Gasteiger partial charge in [-0.1, -0.05) is 6.92 Å². The van der Waals surface area contributed by atoms with Crippen molar-refractivity contribution in [2.24, 2.45) is 5.73 Å². The standard InChI is InChI=1S/C12H25N3/c1-6-12(13)8-7-11(2)15(5)10-9-14(3)4/h7-8H,6,9-10,13H2,1-5H3/b11-7+,12-8+. The third kappa shape index (κ3) is 7.03. The van der Waals surface area contributed by atoms with Gasteiger partial charge in [0.05, 0.1) is 0 Å². The van der Waals surface area contributed by atoms with Crippen LogP contribution in [0.15, 0.2) is 23.5 Å². The van der Waals surface area contributed by atoms with E-state index in [0.29, 0.717) is 0 Å². The van der Waals surface area contributed by atoms with Gasteiger partial charge in [0, 0.05) is 31.5 Å². The lowest BCUT2D eigenvalue weighted by atomic mass is 10.3. The molecule has 0 aromatic carbocycles. The van der Waals surface area contributed by atoms with Crippen molar-refractivity contribution in [3.63, 3.8) is 0 Å². The second-order valence-corrected chi connectivity index (χ2v) is 4.13. The number of allylic oxidation sites excluding steroid dienone is 4. The fourth-order valence-corrected chi connectivity index (χ4v) is 0.999. The topological polar surface area (TPSA) is 32.5 Å². The molecule has 3 nitrogen and oxygen atoms in total. The molecule has 0 aliphatic carbocycles. The van der Waals surface area contributed by atoms with E-state index >= 15 is 0 Å². The Morgan fingerprint density at radius 2 is 1.73 bits per heavy atom. The SMILES string of the molecule is CC/C(N)=C\C=C(/C)N(C)CCN(C)C. The first-order chi connectivity index (χ1) is 6.97. The van der Waals surface area contributed by atoms with Gasteiger partial charge in [-0.15, -0.1) is 0 Å². The molecular formula is C12H25N3. The molecule has 0 saturated carbocycles. The van der Waals surface area contributed by atoms with E-state index in [-0.39, 0.29) is 0 Å². The van der Waals surface area contributed by atoms with Gasteiger partial charge in [-0.2, -0.15) is 0 Å². The first-order valence-corrected chi connectivity index (χ1v) is 5.46. The van der Waals surface area contributed by atoms with Crippen LogP contribution in [0.2, 0.25) is 0 Å². The second kappa shape index (κ2) is 7.35. The summed E-state index contributed by atoms with van der Waals surface area (Å²) in [7, 11) is 6.27. The number of hydrogen-bond donors (Lipinski definition) is 1. The molecule has 0 radical (unpaired) electrons. The van der Waals surface area contributed by atoms with Gasteiger partial charge in [0.25, 0.3) is 0 Å². The van der Waals surface area contributed by atoms with Gasteiger partial charge >= 0.3 is 0 Å². The van der Waals surface area contributed by atoms with Crippen molar-refractivity contribution in [3.05, 3.63) is 23.5 Å². The molecular weight excluding hydrogens is 186 g/mol. The average molecular weight is 211 g/mol. The fraction of sp³-hybridized carbons (Fsp3) is 0.667. The molecule has 3 heteroatoms. The highest BCUT2D eigenvalue weighted by atomic mass is 15.2. The van der Waals surface area contributed by atoms with Crippen molar-refractivity contribution in [1.29, 1.82) is 0 Å². The van der Waals surface area contributed by atoms with E-state index in [1.54, 1.807) is 0 Å². The van der Waals surface area contributed by atoms with Crippen LogP contribution in [0.4, 0.5) is 0 Å². The van der Waals surface area contributed by atoms with Crippen LogP contribution in [0.3, 0.4) is 0 Å². The highest BCUT2D eigenvalue weighted by Crippen LogP contribution is 2.01. The van der Waals surface area contributed by atoms with Crippen molar-refractivity contribution in [3.8, 4) is 0 Å². The smallest absolute Gasteiger partial charge is 0.0299 e. The van der Waals surface area contributed by atoms with E-state index in [0.717, 1.165) is 25.2 Å². The Hall–Kier alpha value is -0.960. The van der Waals surface area contributed by atoms with E-state index in [2.05, 4.69) is 50.9 Å². The van der Waals surface area contributed by atoms with E-state index < -0.39 is 0 Å². The Balaban J connectivity index is 4.13. The third-order valence-electron chi connectivity index (χ3n) is 2.43. The molecule has 0 aromatic heterocycles. The van der Waals surface area contributed by atoms with E-state index in [4.69, 9.17) is 5.73 Å². The van der Waals surface area contributed by atoms with Gasteiger partial charge in [-0.25, -0.2) is 0 Å². The fourth-order valence-electron chi connectivity index (χ4n) is 0.999. The number of likely N-dealkylation sites (N-methyl/N-ethyl adjacent to an activating group) is 2. The number of hydrogen-bond acceptors (Lipinski definition) is 3. The quantitative estimate of drug-likeness (QED) is 0.678. The Kier molecular flexibility index (Phi) is 6.88. The number of nitrogens with two attached hydrogens (primary N) is 1. The minimum absolute atomic E-state index is 0.908. The van der Waals surface area contributed by atoms with Crippen molar-refractivity contribution in [2.45, 2.75) is 20.3 Å². The third-order valence-corrected chi connectivity index (χ3v) is 2.43. The van der Waals surface area contributed by atoms with Crippen LogP contribution in [0.1, 0.15) is 20.3 Å². The zero-order chi connectivity index (χ0) is 11.8. The summed E-state index contributed by atoms with van der Waals surface area (Å²) >= 11 is 0. The van der Waals surface area contributed by atoms with Crippen LogP contribution in [-0.2, 0) is 0 Å². The van der Waals surface area contributed by atoms with E-state index in [9.17, 15) is 0 Å². The molecule has 0 bridgehead atoms. The molecule has 15 heavy (non-hydrogen) atoms. The van der Waals surface area contributed by atoms with Crippen molar-refractivity contribution >= 4 is 0 Å². The van der Waals surface area contributed by atoms with Crippen LogP contribution in [0, 0.1) is 0 Å². The lowest BCUT2D eigenvalue weighted by Crippen LogP contribution is -2.27. The van der Waals surface area contributed by atoms with Crippen molar-refractivity contribution in [2.75, 3.05) is 34.2 Å². The molecule has 88 valence electrons. The molecule has 0 amide bonds. The summed E-state index contributed by atoms with van der Waals surface area (Å²) in [6.45, 7) is 6.27. The molecule has 0 atom stereocenters. The van der Waals surface area contributed by atoms with Gasteiger partial charge in [0.1, 0.15) is 0 Å². The van der Waals surface area contributed by atoms with Crippen LogP contribution < -0.4 is 5.73 Å². The Morgan fingerprint density at radius 3 is 2.20 bits per heavy atom. The number of nitrogens with zero attached hydrogens (tertiary/aromatic N) is 2. The Bertz CT molecular complexity index is 229. The van der Waals surface area contributed by atoms with Gasteiger partial charge in [-0.3, -0.25) is 0 Å². The first kappa shape index (κ1) is 14.0. The molecule has 2 N–H and O–H groups in total. The van der Waals surface area contributed by atoms with Crippen LogP contribution in [-0.4, -0.2) is 44.0 Å². The number of rotatable bonds is 6. The molecule has 0 rings (SSSR count). The van der Waals surface area contributed by atoms with Crippen molar-refractivity contribution < 1.29 is 0 Å². The summed E-state index contributed by atoms with van der Waals surface area (Å²) < 4.78 is 0. The monoisotopic (exact) mass is 211 g/mol. The second-order valence-electron chi connectivity index (χ2n) is 4.13. The minimum atomic E-state index is 0.908. The maximum atomic E-state index is 5.73. The first-order valence-electron chi connectivity index (χ1n) is 5.46. The molecule has 0 aliphatic rings. The molecule has 0 aromatic rings. The molecule has 0 fully saturated rings. The minimum Gasteiger partial charge on any atom is -0.402 e. The predicted octanol–water partition coefficient (Wildman–Crippen LogP) is 1.64. The summed E-state index contributed by atoms with van der Waals surface area (Å²) in [6, 6.07) is 0. The van der Waals surface area contributed by atoms with Gasteiger partial charge < -0.3 is 15.5 Å². The normalized spacial score (nSPS) is 13.5. The molecule has 0 spiro atoms. The van der Waals surface area contributed by atoms with Crippen LogP contribution in [0.5, 0.6) is 0 Å². The summed E-state index contributed by atoms with van der Waals surface area (Å²) in [4.78, 5) is 4.42. The summed E-state index contributed by atoms with van der Waals surface area (Å²) in [5.74, 6) is 0. The lowest BCUT2D eigenvalue weighted by molar-refractivity contribution is 0.326. The Morgan fingerprint density at radius 1 is 1.13 bits per heavy atom. The highest BCUT2D eigenvalue weighted by molar-refractivity contribution is 5.13. The van der Waals surface area contributed by atoms with Crippen molar-refractivity contribution in [1.82, 2.24) is 9.80 Å². The summed E-state index contributed by atoms with van der Waals surface area (Å²) in [5.41, 5.74) is 7.90. The lowest BCUT2D eigenvalue weighted by Gasteiger charge is -2.21. The maximum absolute atomic E-state index is 5.73. The zero-order valence-electron chi connectivity index (χ0n) is 10.7.